The van der Waals surface area contributed by atoms with E-state index in [0.717, 1.165) is 15.6 Å². The molecule has 0 aliphatic rings. The van der Waals surface area contributed by atoms with Crippen LogP contribution in [-0.4, -0.2) is 11.7 Å². The Hall–Kier alpha value is -1.16. The van der Waals surface area contributed by atoms with Crippen LogP contribution in [0.1, 0.15) is 30.9 Å². The Bertz CT molecular complexity index is 429. The molecule has 0 saturated carbocycles. The van der Waals surface area contributed by atoms with E-state index in [1.54, 1.807) is 0 Å². The van der Waals surface area contributed by atoms with Gasteiger partial charge in [-0.1, -0.05) is 22.0 Å². The summed E-state index contributed by atoms with van der Waals surface area (Å²) in [6.07, 6.45) is 0.575. The van der Waals surface area contributed by atoms with E-state index in [4.69, 9.17) is 0 Å². The Morgan fingerprint density at radius 1 is 1.29 bits per heavy atom. The molecule has 1 amide bonds. The van der Waals surface area contributed by atoms with Crippen LogP contribution in [0.15, 0.2) is 22.7 Å². The third-order valence-corrected chi connectivity index (χ3v) is 2.98. The molecule has 0 fully saturated rings. The summed E-state index contributed by atoms with van der Waals surface area (Å²) in [7, 11) is 0. The summed E-state index contributed by atoms with van der Waals surface area (Å²) >= 11 is 3.40. The maximum Gasteiger partial charge on any atom is 0.220 e. The second-order valence-electron chi connectivity index (χ2n) is 4.05. The summed E-state index contributed by atoms with van der Waals surface area (Å²) < 4.78 is 0.996. The summed E-state index contributed by atoms with van der Waals surface area (Å²) in [6.45, 7) is 4.00. The van der Waals surface area contributed by atoms with E-state index in [2.05, 4.69) is 21.2 Å². The molecule has 0 aromatic heterocycles. The van der Waals surface area contributed by atoms with Crippen LogP contribution in [0.2, 0.25) is 0 Å². The molecule has 1 aromatic rings. The average Bonchev–Trinajstić information content (AvgIpc) is 2.27. The van der Waals surface area contributed by atoms with Crippen molar-refractivity contribution in [3.8, 4) is 0 Å². The van der Waals surface area contributed by atoms with Crippen LogP contribution in [0.5, 0.6) is 0 Å². The highest BCUT2D eigenvalue weighted by molar-refractivity contribution is 9.10. The van der Waals surface area contributed by atoms with Gasteiger partial charge in [-0.15, -0.1) is 0 Å². The lowest BCUT2D eigenvalue weighted by molar-refractivity contribution is -0.124. The zero-order valence-corrected chi connectivity index (χ0v) is 11.6. The number of hydrogen-bond donors (Lipinski definition) is 1. The Morgan fingerprint density at radius 3 is 2.65 bits per heavy atom. The molecule has 17 heavy (non-hydrogen) atoms. The Morgan fingerprint density at radius 2 is 2.00 bits per heavy atom. The normalized spacial score (nSPS) is 10.1. The number of nitrogens with one attached hydrogen (secondary N) is 1. The molecule has 0 atom stereocenters. The van der Waals surface area contributed by atoms with Crippen molar-refractivity contribution >= 4 is 27.6 Å². The molecule has 0 bridgehead atoms. The molecule has 0 heterocycles. The fourth-order valence-corrected chi connectivity index (χ4v) is 1.81. The number of hydrogen-bond acceptors (Lipinski definition) is 2. The summed E-state index contributed by atoms with van der Waals surface area (Å²) in [5, 5.41) is 2.81. The predicted octanol–water partition coefficient (Wildman–Crippen LogP) is 2.74. The monoisotopic (exact) mass is 297 g/mol. The number of aryl methyl sites for hydroxylation is 1. The maximum absolute atomic E-state index is 11.4. The van der Waals surface area contributed by atoms with Gasteiger partial charge in [0.15, 0.2) is 0 Å². The number of carbonyl (C=O) groups excluding carboxylic acids is 2. The van der Waals surface area contributed by atoms with E-state index < -0.39 is 0 Å². The molecule has 0 radical (unpaired) electrons. The first-order valence-electron chi connectivity index (χ1n) is 5.50. The minimum atomic E-state index is -0.0837. The Kier molecular flexibility index (Phi) is 5.35. The zero-order chi connectivity index (χ0) is 12.8. The van der Waals surface area contributed by atoms with Gasteiger partial charge in [0.2, 0.25) is 5.91 Å². The number of carbonyl (C=O) groups is 2. The first kappa shape index (κ1) is 13.9. The van der Waals surface area contributed by atoms with Crippen LogP contribution in [0, 0.1) is 6.92 Å². The van der Waals surface area contributed by atoms with E-state index in [1.165, 1.54) is 6.92 Å². The highest BCUT2D eigenvalue weighted by Gasteiger charge is 2.05. The average molecular weight is 298 g/mol. The highest BCUT2D eigenvalue weighted by atomic mass is 79.9. The fraction of sp³-hybridized carbons (Fsp3) is 0.385. The SMILES string of the molecule is CC(=O)CCC(=O)NCc1cc(Br)ccc1C. The van der Waals surface area contributed by atoms with Crippen molar-refractivity contribution in [2.75, 3.05) is 0 Å². The summed E-state index contributed by atoms with van der Waals surface area (Å²) in [5.41, 5.74) is 2.22. The Balaban J connectivity index is 2.47. The van der Waals surface area contributed by atoms with E-state index in [-0.39, 0.29) is 18.1 Å². The summed E-state index contributed by atoms with van der Waals surface area (Å²) in [4.78, 5) is 22.2. The molecule has 1 N–H and O–H groups in total. The predicted molar refractivity (Wildman–Crippen MR) is 70.6 cm³/mol. The standard InChI is InChI=1S/C13H16BrNO2/c1-9-3-5-12(14)7-11(9)8-15-13(17)6-4-10(2)16/h3,5,7H,4,6,8H2,1-2H3,(H,15,17). The van der Waals surface area contributed by atoms with Gasteiger partial charge in [0, 0.05) is 23.9 Å². The molecule has 4 heteroatoms. The molecular weight excluding hydrogens is 282 g/mol. The van der Waals surface area contributed by atoms with Gasteiger partial charge in [-0.05, 0) is 37.1 Å². The van der Waals surface area contributed by atoms with Gasteiger partial charge in [0.25, 0.3) is 0 Å². The van der Waals surface area contributed by atoms with Gasteiger partial charge in [-0.2, -0.15) is 0 Å². The van der Waals surface area contributed by atoms with Gasteiger partial charge >= 0.3 is 0 Å². The fourth-order valence-electron chi connectivity index (χ4n) is 1.40. The molecule has 0 aliphatic heterocycles. The van der Waals surface area contributed by atoms with E-state index in [0.29, 0.717) is 13.0 Å². The zero-order valence-electron chi connectivity index (χ0n) is 10.0. The lowest BCUT2D eigenvalue weighted by Gasteiger charge is -2.08. The van der Waals surface area contributed by atoms with Crippen molar-refractivity contribution in [1.82, 2.24) is 5.32 Å². The Labute approximate surface area is 110 Å². The lowest BCUT2D eigenvalue weighted by Crippen LogP contribution is -2.23. The van der Waals surface area contributed by atoms with E-state index in [9.17, 15) is 9.59 Å². The highest BCUT2D eigenvalue weighted by Crippen LogP contribution is 2.15. The second kappa shape index (κ2) is 6.55. The lowest BCUT2D eigenvalue weighted by atomic mass is 10.1. The smallest absolute Gasteiger partial charge is 0.220 e. The topological polar surface area (TPSA) is 46.2 Å². The molecule has 1 aromatic carbocycles. The van der Waals surface area contributed by atoms with E-state index >= 15 is 0 Å². The number of amides is 1. The number of halogens is 1. The van der Waals surface area contributed by atoms with Crippen molar-refractivity contribution < 1.29 is 9.59 Å². The van der Waals surface area contributed by atoms with Crippen LogP contribution >= 0.6 is 15.9 Å². The van der Waals surface area contributed by atoms with Crippen LogP contribution in [-0.2, 0) is 16.1 Å². The summed E-state index contributed by atoms with van der Waals surface area (Å²) in [6, 6.07) is 5.96. The van der Waals surface area contributed by atoms with Gasteiger partial charge in [0.1, 0.15) is 5.78 Å². The van der Waals surface area contributed by atoms with Crippen molar-refractivity contribution in [1.29, 1.82) is 0 Å². The molecule has 0 saturated heterocycles. The number of ketones is 1. The molecule has 92 valence electrons. The molecule has 0 unspecified atom stereocenters. The van der Waals surface area contributed by atoms with Crippen molar-refractivity contribution in [2.45, 2.75) is 33.2 Å². The van der Waals surface area contributed by atoms with Crippen LogP contribution in [0.4, 0.5) is 0 Å². The minimum Gasteiger partial charge on any atom is -0.352 e. The van der Waals surface area contributed by atoms with Crippen molar-refractivity contribution in [3.63, 3.8) is 0 Å². The number of Topliss-reactive ketones (excluding diaryl/α,β-unsaturated/α-hetero) is 1. The van der Waals surface area contributed by atoms with Crippen LogP contribution < -0.4 is 5.32 Å². The van der Waals surface area contributed by atoms with Gasteiger partial charge in [0.05, 0.1) is 0 Å². The van der Waals surface area contributed by atoms with Crippen LogP contribution in [0.25, 0.3) is 0 Å². The van der Waals surface area contributed by atoms with Crippen molar-refractivity contribution in [3.05, 3.63) is 33.8 Å². The molecule has 1 rings (SSSR count). The number of benzene rings is 1. The first-order valence-corrected chi connectivity index (χ1v) is 6.29. The third-order valence-electron chi connectivity index (χ3n) is 2.49. The second-order valence-corrected chi connectivity index (χ2v) is 4.97. The first-order chi connectivity index (χ1) is 7.99. The molecule has 0 aliphatic carbocycles. The summed E-state index contributed by atoms with van der Waals surface area (Å²) in [5.74, 6) is -0.0432. The van der Waals surface area contributed by atoms with Gasteiger partial charge < -0.3 is 10.1 Å². The number of rotatable bonds is 5. The largest absolute Gasteiger partial charge is 0.352 e. The quantitative estimate of drug-likeness (QED) is 0.908. The van der Waals surface area contributed by atoms with Crippen molar-refractivity contribution in [2.24, 2.45) is 0 Å². The maximum atomic E-state index is 11.4. The van der Waals surface area contributed by atoms with E-state index in [1.807, 2.05) is 25.1 Å². The van der Waals surface area contributed by atoms with Gasteiger partial charge in [-0.3, -0.25) is 4.79 Å². The third kappa shape index (κ3) is 5.13. The van der Waals surface area contributed by atoms with Gasteiger partial charge in [-0.25, -0.2) is 0 Å². The molecule has 0 spiro atoms. The molecular formula is C13H16BrNO2. The van der Waals surface area contributed by atoms with Crippen LogP contribution in [0.3, 0.4) is 0 Å². The molecule has 3 nitrogen and oxygen atoms in total. The minimum absolute atomic E-state index is 0.0405.